The average Bonchev–Trinajstić information content (AvgIpc) is 2.68. The average molecular weight is 253 g/mol. The number of fused-ring (bicyclic) bond motifs is 3. The van der Waals surface area contributed by atoms with Gasteiger partial charge in [-0.2, -0.15) is 0 Å². The van der Waals surface area contributed by atoms with E-state index >= 15 is 0 Å². The number of ether oxygens (including phenoxy) is 1. The summed E-state index contributed by atoms with van der Waals surface area (Å²) in [4.78, 5) is 11.0. The quantitative estimate of drug-likeness (QED) is 0.602. The molecule has 3 atom stereocenters. The van der Waals surface area contributed by atoms with Crippen LogP contribution in [-0.2, 0) is 0 Å². The van der Waals surface area contributed by atoms with Crippen molar-refractivity contribution in [1.29, 1.82) is 0 Å². The number of nitrogens with zero attached hydrogens (tertiary/aromatic N) is 1. The Kier molecular flexibility index (Phi) is 2.31. The van der Waals surface area contributed by atoms with E-state index < -0.39 is 11.6 Å². The molecule has 0 aromatic heterocycles. The smallest absolute Gasteiger partial charge is 0.297 e. The zero-order valence-corrected chi connectivity index (χ0v) is 9.72. The number of rotatable bonds is 1. The number of nitro groups is 1. The first-order valence-corrected chi connectivity index (χ1v) is 6.37. The van der Waals surface area contributed by atoms with Gasteiger partial charge in [-0.3, -0.25) is 10.1 Å². The predicted molar refractivity (Wildman–Crippen MR) is 62.9 cm³/mol. The van der Waals surface area contributed by atoms with Gasteiger partial charge in [-0.1, -0.05) is 18.2 Å². The molecule has 5 nitrogen and oxygen atoms in total. The van der Waals surface area contributed by atoms with Crippen molar-refractivity contribution in [2.45, 2.75) is 16.9 Å². The van der Waals surface area contributed by atoms with Crippen LogP contribution in [0.2, 0.25) is 0 Å². The molecule has 3 unspecified atom stereocenters. The molecular weight excluding hydrogens is 242 g/mol. The zero-order chi connectivity index (χ0) is 12.0. The van der Waals surface area contributed by atoms with Gasteiger partial charge in [0.2, 0.25) is 0 Å². The fraction of sp³-hybridized carbons (Fsp3) is 0.455. The van der Waals surface area contributed by atoms with Gasteiger partial charge in [-0.15, -0.1) is 11.8 Å². The van der Waals surface area contributed by atoms with Gasteiger partial charge in [0.25, 0.3) is 5.54 Å². The van der Waals surface area contributed by atoms with Crippen molar-refractivity contribution in [2.75, 3.05) is 12.4 Å². The number of para-hydroxylation sites is 1. The number of aliphatic hydroxyl groups is 1. The fourth-order valence-corrected chi connectivity index (χ4v) is 4.11. The highest BCUT2D eigenvalue weighted by Gasteiger charge is 2.64. The van der Waals surface area contributed by atoms with Crippen molar-refractivity contribution in [2.24, 2.45) is 0 Å². The van der Waals surface area contributed by atoms with Crippen LogP contribution in [0.4, 0.5) is 0 Å². The lowest BCUT2D eigenvalue weighted by molar-refractivity contribution is -0.584. The molecule has 0 radical (unpaired) electrons. The van der Waals surface area contributed by atoms with E-state index in [1.807, 2.05) is 24.3 Å². The van der Waals surface area contributed by atoms with Crippen molar-refractivity contribution >= 4 is 11.8 Å². The molecule has 1 fully saturated rings. The largest absolute Gasteiger partial charge is 0.486 e. The van der Waals surface area contributed by atoms with Gasteiger partial charge in [0.1, 0.15) is 17.1 Å². The van der Waals surface area contributed by atoms with Crippen LogP contribution in [0.5, 0.6) is 5.75 Å². The fourth-order valence-electron chi connectivity index (χ4n) is 2.47. The predicted octanol–water partition coefficient (Wildman–Crippen LogP) is 1.24. The van der Waals surface area contributed by atoms with Crippen LogP contribution >= 0.6 is 11.8 Å². The first kappa shape index (κ1) is 10.9. The second-order valence-electron chi connectivity index (χ2n) is 4.30. The summed E-state index contributed by atoms with van der Waals surface area (Å²) in [6, 6.07) is 7.32. The van der Waals surface area contributed by atoms with Crippen LogP contribution in [0.15, 0.2) is 24.3 Å². The van der Waals surface area contributed by atoms with E-state index in [9.17, 15) is 15.2 Å². The third-order valence-electron chi connectivity index (χ3n) is 3.45. The van der Waals surface area contributed by atoms with E-state index in [0.29, 0.717) is 11.5 Å². The summed E-state index contributed by atoms with van der Waals surface area (Å²) in [5.74, 6) is 1.07. The van der Waals surface area contributed by atoms with Crippen molar-refractivity contribution < 1.29 is 14.8 Å². The van der Waals surface area contributed by atoms with Crippen LogP contribution in [0.1, 0.15) is 10.8 Å². The Balaban J connectivity index is 2.14. The molecule has 90 valence electrons. The van der Waals surface area contributed by atoms with Crippen LogP contribution in [0.3, 0.4) is 0 Å². The molecule has 0 aliphatic carbocycles. The van der Waals surface area contributed by atoms with Gasteiger partial charge in [-0.25, -0.2) is 0 Å². The van der Waals surface area contributed by atoms with E-state index in [2.05, 4.69) is 0 Å². The summed E-state index contributed by atoms with van der Waals surface area (Å²) in [5, 5.41) is 20.9. The molecule has 6 heteroatoms. The highest BCUT2D eigenvalue weighted by atomic mass is 32.2. The lowest BCUT2D eigenvalue weighted by atomic mass is 9.85. The maximum atomic E-state index is 11.3. The van der Waals surface area contributed by atoms with Crippen LogP contribution in [0, 0.1) is 10.1 Å². The topological polar surface area (TPSA) is 72.6 Å². The van der Waals surface area contributed by atoms with Gasteiger partial charge >= 0.3 is 0 Å². The molecule has 0 amide bonds. The van der Waals surface area contributed by atoms with Crippen LogP contribution in [-0.4, -0.2) is 34.0 Å². The zero-order valence-electron chi connectivity index (χ0n) is 8.91. The third kappa shape index (κ3) is 1.31. The molecule has 2 heterocycles. The minimum Gasteiger partial charge on any atom is -0.486 e. The minimum atomic E-state index is -1.39. The summed E-state index contributed by atoms with van der Waals surface area (Å²) < 4.78 is 5.46. The molecule has 1 aromatic rings. The summed E-state index contributed by atoms with van der Waals surface area (Å²) in [6.07, 6.45) is -0.958. The van der Waals surface area contributed by atoms with Crippen LogP contribution in [0.25, 0.3) is 0 Å². The van der Waals surface area contributed by atoms with Crippen molar-refractivity contribution in [1.82, 2.24) is 0 Å². The number of hydrogen-bond acceptors (Lipinski definition) is 5. The lowest BCUT2D eigenvalue weighted by Crippen LogP contribution is -2.56. The molecule has 1 N–H and O–H groups in total. The van der Waals surface area contributed by atoms with Gasteiger partial charge in [0.15, 0.2) is 6.61 Å². The molecule has 2 aliphatic heterocycles. The molecule has 1 saturated heterocycles. The maximum absolute atomic E-state index is 11.3. The van der Waals surface area contributed by atoms with Crippen LogP contribution < -0.4 is 4.74 Å². The Morgan fingerprint density at radius 1 is 1.53 bits per heavy atom. The van der Waals surface area contributed by atoms with Gasteiger partial charge in [0, 0.05) is 16.2 Å². The summed E-state index contributed by atoms with van der Waals surface area (Å²) in [6.45, 7) is -0.0597. The van der Waals surface area contributed by atoms with Crippen molar-refractivity contribution in [3.63, 3.8) is 0 Å². The second-order valence-corrected chi connectivity index (χ2v) is 5.44. The highest BCUT2D eigenvalue weighted by molar-refractivity contribution is 7.99. The SMILES string of the molecule is O=[N+]([O-])C12COc3ccccc3C1SCC2O. The van der Waals surface area contributed by atoms with E-state index in [4.69, 9.17) is 4.74 Å². The number of aliphatic hydroxyl groups excluding tert-OH is 1. The van der Waals surface area contributed by atoms with Gasteiger partial charge in [0.05, 0.1) is 0 Å². The molecular formula is C11H11NO4S. The molecule has 2 aliphatic rings. The van der Waals surface area contributed by atoms with Crippen molar-refractivity contribution in [3.8, 4) is 5.75 Å². The first-order chi connectivity index (χ1) is 8.16. The highest BCUT2D eigenvalue weighted by Crippen LogP contribution is 2.54. The first-order valence-electron chi connectivity index (χ1n) is 5.32. The summed E-state index contributed by atoms with van der Waals surface area (Å²) >= 11 is 1.43. The summed E-state index contributed by atoms with van der Waals surface area (Å²) in [5.41, 5.74) is -0.573. The van der Waals surface area contributed by atoms with Crippen molar-refractivity contribution in [3.05, 3.63) is 39.9 Å². The maximum Gasteiger partial charge on any atom is 0.297 e. The summed E-state index contributed by atoms with van der Waals surface area (Å²) in [7, 11) is 0. The molecule has 0 spiro atoms. The molecule has 0 saturated carbocycles. The van der Waals surface area contributed by atoms with E-state index in [1.54, 1.807) is 0 Å². The normalized spacial score (nSPS) is 34.6. The number of thioether (sulfide) groups is 1. The Morgan fingerprint density at radius 2 is 2.29 bits per heavy atom. The lowest BCUT2D eigenvalue weighted by Gasteiger charge is -2.33. The minimum absolute atomic E-state index is 0.0597. The van der Waals surface area contributed by atoms with Gasteiger partial charge in [-0.05, 0) is 6.07 Å². The third-order valence-corrected chi connectivity index (χ3v) is 4.96. The molecule has 1 aromatic carbocycles. The Bertz CT molecular complexity index is 480. The molecule has 3 rings (SSSR count). The molecule has 17 heavy (non-hydrogen) atoms. The second kappa shape index (κ2) is 3.61. The Morgan fingerprint density at radius 3 is 3.06 bits per heavy atom. The molecule has 0 bridgehead atoms. The monoisotopic (exact) mass is 253 g/mol. The van der Waals surface area contributed by atoms with E-state index in [-0.39, 0.29) is 16.8 Å². The van der Waals surface area contributed by atoms with E-state index in [1.165, 1.54) is 11.8 Å². The van der Waals surface area contributed by atoms with Gasteiger partial charge < -0.3 is 9.84 Å². The number of benzene rings is 1. The number of hydrogen-bond donors (Lipinski definition) is 1. The Labute approximate surface area is 102 Å². The Hall–Kier alpha value is -1.27. The van der Waals surface area contributed by atoms with E-state index in [0.717, 1.165) is 5.56 Å². The standard InChI is InChI=1S/C11H11NO4S/c13-9-5-17-10-7-3-1-2-4-8(7)16-6-11(9,10)12(14)15/h1-4,9-10,13H,5-6H2.